The van der Waals surface area contributed by atoms with Gasteiger partial charge in [-0.1, -0.05) is 38.1 Å². The highest BCUT2D eigenvalue weighted by Gasteiger charge is 2.08. The fraction of sp³-hybridized carbons (Fsp3) is 0.316. The maximum absolute atomic E-state index is 5.94. The molecule has 0 aliphatic heterocycles. The van der Waals surface area contributed by atoms with E-state index in [1.807, 2.05) is 24.3 Å². The van der Waals surface area contributed by atoms with Crippen molar-refractivity contribution in [3.63, 3.8) is 0 Å². The standard InChI is InChI=1S/C19H22N2O/c1-13(2)10-11-22-18-12-15(9-8-14(18)3)19-20-16-6-4-5-7-17(16)21-19/h4-9,12-13H,10-11H2,1-3H3,(H,20,21). The van der Waals surface area contributed by atoms with Crippen molar-refractivity contribution >= 4 is 11.0 Å². The number of fused-ring (bicyclic) bond motifs is 1. The maximum Gasteiger partial charge on any atom is 0.138 e. The first-order valence-electron chi connectivity index (χ1n) is 7.82. The quantitative estimate of drug-likeness (QED) is 0.722. The molecule has 0 aliphatic rings. The molecule has 0 atom stereocenters. The molecule has 2 aromatic carbocycles. The van der Waals surface area contributed by atoms with Crippen molar-refractivity contribution in [1.29, 1.82) is 0 Å². The molecule has 114 valence electrons. The second-order valence-corrected chi connectivity index (χ2v) is 6.11. The fourth-order valence-electron chi connectivity index (χ4n) is 2.40. The molecule has 1 heterocycles. The Morgan fingerprint density at radius 1 is 1.14 bits per heavy atom. The Morgan fingerprint density at radius 2 is 1.95 bits per heavy atom. The first-order valence-corrected chi connectivity index (χ1v) is 7.82. The number of aromatic amines is 1. The smallest absolute Gasteiger partial charge is 0.138 e. The Bertz CT molecular complexity index is 741. The zero-order valence-electron chi connectivity index (χ0n) is 13.4. The molecule has 0 spiro atoms. The van der Waals surface area contributed by atoms with E-state index in [-0.39, 0.29) is 0 Å². The molecule has 0 bridgehead atoms. The van der Waals surface area contributed by atoms with Crippen molar-refractivity contribution in [2.45, 2.75) is 27.2 Å². The van der Waals surface area contributed by atoms with E-state index in [2.05, 4.69) is 48.9 Å². The second kappa shape index (κ2) is 6.22. The Morgan fingerprint density at radius 3 is 2.73 bits per heavy atom. The minimum atomic E-state index is 0.652. The first kappa shape index (κ1) is 14.6. The summed E-state index contributed by atoms with van der Waals surface area (Å²) in [4.78, 5) is 8.02. The van der Waals surface area contributed by atoms with Gasteiger partial charge < -0.3 is 9.72 Å². The molecule has 3 nitrogen and oxygen atoms in total. The molecule has 0 radical (unpaired) electrons. The van der Waals surface area contributed by atoms with Gasteiger partial charge in [-0.3, -0.25) is 0 Å². The number of aryl methyl sites for hydroxylation is 1. The number of hydrogen-bond donors (Lipinski definition) is 1. The summed E-state index contributed by atoms with van der Waals surface area (Å²) in [5.74, 6) is 2.48. The van der Waals surface area contributed by atoms with E-state index >= 15 is 0 Å². The molecule has 3 aromatic rings. The van der Waals surface area contributed by atoms with Crippen LogP contribution in [0.25, 0.3) is 22.4 Å². The number of benzene rings is 2. The van der Waals surface area contributed by atoms with Crippen molar-refractivity contribution in [2.24, 2.45) is 5.92 Å². The Hall–Kier alpha value is -2.29. The van der Waals surface area contributed by atoms with Crippen LogP contribution in [0.1, 0.15) is 25.8 Å². The van der Waals surface area contributed by atoms with E-state index in [1.54, 1.807) is 0 Å². The fourth-order valence-corrected chi connectivity index (χ4v) is 2.40. The Kier molecular flexibility index (Phi) is 4.14. The summed E-state index contributed by atoms with van der Waals surface area (Å²) in [6.45, 7) is 7.25. The molecule has 3 heteroatoms. The number of ether oxygens (including phenoxy) is 1. The van der Waals surface area contributed by atoms with Gasteiger partial charge in [0, 0.05) is 5.56 Å². The van der Waals surface area contributed by atoms with Gasteiger partial charge in [-0.05, 0) is 43.0 Å². The summed E-state index contributed by atoms with van der Waals surface area (Å²) >= 11 is 0. The third-order valence-corrected chi connectivity index (χ3v) is 3.80. The van der Waals surface area contributed by atoms with Crippen LogP contribution in [0.5, 0.6) is 5.75 Å². The highest BCUT2D eigenvalue weighted by Crippen LogP contribution is 2.27. The van der Waals surface area contributed by atoms with Crippen LogP contribution in [-0.2, 0) is 0 Å². The Balaban J connectivity index is 1.87. The van der Waals surface area contributed by atoms with Gasteiger partial charge in [0.05, 0.1) is 17.6 Å². The van der Waals surface area contributed by atoms with Crippen LogP contribution in [0.3, 0.4) is 0 Å². The molecule has 0 fully saturated rings. The monoisotopic (exact) mass is 294 g/mol. The van der Waals surface area contributed by atoms with E-state index in [0.29, 0.717) is 5.92 Å². The average Bonchev–Trinajstić information content (AvgIpc) is 2.92. The summed E-state index contributed by atoms with van der Waals surface area (Å²) in [5.41, 5.74) is 4.26. The summed E-state index contributed by atoms with van der Waals surface area (Å²) in [6, 6.07) is 14.3. The van der Waals surface area contributed by atoms with Crippen molar-refractivity contribution in [2.75, 3.05) is 6.61 Å². The number of rotatable bonds is 5. The number of nitrogens with one attached hydrogen (secondary N) is 1. The molecule has 3 rings (SSSR count). The third kappa shape index (κ3) is 3.14. The molecular formula is C19H22N2O. The van der Waals surface area contributed by atoms with Crippen LogP contribution < -0.4 is 4.74 Å². The number of aromatic nitrogens is 2. The van der Waals surface area contributed by atoms with Crippen LogP contribution in [0.15, 0.2) is 42.5 Å². The molecule has 0 saturated heterocycles. The molecule has 1 aromatic heterocycles. The summed E-state index contributed by atoms with van der Waals surface area (Å²) in [7, 11) is 0. The van der Waals surface area contributed by atoms with Crippen LogP contribution in [-0.4, -0.2) is 16.6 Å². The molecule has 0 unspecified atom stereocenters. The molecule has 0 amide bonds. The van der Waals surface area contributed by atoms with Crippen molar-refractivity contribution < 1.29 is 4.74 Å². The van der Waals surface area contributed by atoms with Crippen LogP contribution in [0.2, 0.25) is 0 Å². The lowest BCUT2D eigenvalue weighted by atomic mass is 10.1. The van der Waals surface area contributed by atoms with Gasteiger partial charge in [0.1, 0.15) is 11.6 Å². The predicted molar refractivity (Wildman–Crippen MR) is 91.2 cm³/mol. The van der Waals surface area contributed by atoms with E-state index in [4.69, 9.17) is 4.74 Å². The number of nitrogens with zero attached hydrogens (tertiary/aromatic N) is 1. The first-order chi connectivity index (χ1) is 10.6. The van der Waals surface area contributed by atoms with Gasteiger partial charge in [0.15, 0.2) is 0 Å². The third-order valence-electron chi connectivity index (χ3n) is 3.80. The summed E-state index contributed by atoms with van der Waals surface area (Å²) in [6.07, 6.45) is 1.06. The molecule has 0 aliphatic carbocycles. The second-order valence-electron chi connectivity index (χ2n) is 6.11. The van der Waals surface area contributed by atoms with E-state index in [1.165, 1.54) is 0 Å². The van der Waals surface area contributed by atoms with Crippen LogP contribution in [0.4, 0.5) is 0 Å². The van der Waals surface area contributed by atoms with Crippen molar-refractivity contribution in [3.8, 4) is 17.1 Å². The number of imidazole rings is 1. The van der Waals surface area contributed by atoms with E-state index in [9.17, 15) is 0 Å². The van der Waals surface area contributed by atoms with E-state index in [0.717, 1.165) is 46.8 Å². The predicted octanol–water partition coefficient (Wildman–Crippen LogP) is 4.96. The minimum absolute atomic E-state index is 0.652. The molecular weight excluding hydrogens is 272 g/mol. The topological polar surface area (TPSA) is 37.9 Å². The lowest BCUT2D eigenvalue weighted by Gasteiger charge is -2.11. The lowest BCUT2D eigenvalue weighted by molar-refractivity contribution is 0.288. The van der Waals surface area contributed by atoms with Gasteiger partial charge in [-0.25, -0.2) is 4.98 Å². The van der Waals surface area contributed by atoms with Gasteiger partial charge >= 0.3 is 0 Å². The van der Waals surface area contributed by atoms with E-state index < -0.39 is 0 Å². The van der Waals surface area contributed by atoms with Crippen molar-refractivity contribution in [3.05, 3.63) is 48.0 Å². The molecule has 22 heavy (non-hydrogen) atoms. The molecule has 1 N–H and O–H groups in total. The largest absolute Gasteiger partial charge is 0.493 e. The highest BCUT2D eigenvalue weighted by atomic mass is 16.5. The normalized spacial score (nSPS) is 11.3. The highest BCUT2D eigenvalue weighted by molar-refractivity contribution is 5.79. The van der Waals surface area contributed by atoms with Gasteiger partial charge in [-0.15, -0.1) is 0 Å². The Labute approximate surface area is 131 Å². The number of para-hydroxylation sites is 2. The summed E-state index contributed by atoms with van der Waals surface area (Å²) in [5, 5.41) is 0. The summed E-state index contributed by atoms with van der Waals surface area (Å²) < 4.78 is 5.94. The molecule has 0 saturated carbocycles. The van der Waals surface area contributed by atoms with Crippen molar-refractivity contribution in [1.82, 2.24) is 9.97 Å². The maximum atomic E-state index is 5.94. The van der Waals surface area contributed by atoms with Crippen LogP contribution in [0, 0.1) is 12.8 Å². The number of hydrogen-bond acceptors (Lipinski definition) is 2. The zero-order valence-corrected chi connectivity index (χ0v) is 13.4. The number of H-pyrrole nitrogens is 1. The van der Waals surface area contributed by atoms with Crippen LogP contribution >= 0.6 is 0 Å². The SMILES string of the molecule is Cc1ccc(-c2nc3ccccc3[nH]2)cc1OCCC(C)C. The average molecular weight is 294 g/mol. The van der Waals surface area contributed by atoms with Gasteiger partial charge in [0.2, 0.25) is 0 Å². The minimum Gasteiger partial charge on any atom is -0.493 e. The lowest BCUT2D eigenvalue weighted by Crippen LogP contribution is -2.02. The van der Waals surface area contributed by atoms with Gasteiger partial charge in [-0.2, -0.15) is 0 Å². The zero-order chi connectivity index (χ0) is 15.5. The van der Waals surface area contributed by atoms with Gasteiger partial charge in [0.25, 0.3) is 0 Å².